The number of carboxylic acids is 2. The van der Waals surface area contributed by atoms with Crippen molar-refractivity contribution in [1.29, 1.82) is 0 Å². The van der Waals surface area contributed by atoms with Gasteiger partial charge < -0.3 is 25.2 Å². The van der Waals surface area contributed by atoms with Crippen molar-refractivity contribution in [3.63, 3.8) is 0 Å². The van der Waals surface area contributed by atoms with Crippen LogP contribution in [0.5, 0.6) is 0 Å². The Morgan fingerprint density at radius 2 is 1.62 bits per heavy atom. The Bertz CT molecular complexity index is 430. The third kappa shape index (κ3) is 5.22. The number of nitrogens with zero attached hydrogens (tertiary/aromatic N) is 1. The van der Waals surface area contributed by atoms with E-state index < -0.39 is 41.6 Å². The normalized spacial score (nSPS) is 21.4. The number of amides is 2. The van der Waals surface area contributed by atoms with Gasteiger partial charge >= 0.3 is 18.0 Å². The van der Waals surface area contributed by atoms with E-state index in [4.69, 9.17) is 14.9 Å². The van der Waals surface area contributed by atoms with Gasteiger partial charge in [-0.25, -0.2) is 9.59 Å². The van der Waals surface area contributed by atoms with Crippen LogP contribution in [0.25, 0.3) is 0 Å². The maximum Gasteiger partial charge on any atom is 0.326 e. The highest BCUT2D eigenvalue weighted by atomic mass is 16.5. The summed E-state index contributed by atoms with van der Waals surface area (Å²) in [6.07, 6.45) is -0.668. The molecule has 0 saturated carbocycles. The molecule has 1 saturated heterocycles. The minimum Gasteiger partial charge on any atom is -0.481 e. The van der Waals surface area contributed by atoms with Crippen LogP contribution in [0.4, 0.5) is 4.79 Å². The zero-order valence-corrected chi connectivity index (χ0v) is 12.7. The molecular formula is C13H22N2O6. The van der Waals surface area contributed by atoms with Crippen LogP contribution < -0.4 is 5.32 Å². The molecule has 0 spiro atoms. The fourth-order valence-electron chi connectivity index (χ4n) is 2.55. The number of rotatable bonds is 4. The largest absolute Gasteiger partial charge is 0.481 e. The first kappa shape index (κ1) is 17.2. The summed E-state index contributed by atoms with van der Waals surface area (Å²) < 4.78 is 5.83. The molecule has 2 amide bonds. The van der Waals surface area contributed by atoms with Crippen LogP contribution in [-0.2, 0) is 14.3 Å². The number of hydrogen-bond acceptors (Lipinski definition) is 4. The predicted octanol–water partition coefficient (Wildman–Crippen LogP) is 0.513. The monoisotopic (exact) mass is 302 g/mol. The Morgan fingerprint density at radius 1 is 1.14 bits per heavy atom. The van der Waals surface area contributed by atoms with Crippen LogP contribution in [0, 0.1) is 0 Å². The maximum absolute atomic E-state index is 12.2. The molecule has 0 bridgehead atoms. The minimum absolute atomic E-state index is 0.293. The molecule has 0 aromatic carbocycles. The lowest BCUT2D eigenvalue weighted by Crippen LogP contribution is -2.61. The van der Waals surface area contributed by atoms with Crippen molar-refractivity contribution in [2.24, 2.45) is 0 Å². The first-order valence-corrected chi connectivity index (χ1v) is 6.62. The zero-order valence-electron chi connectivity index (χ0n) is 12.7. The molecule has 1 aliphatic heterocycles. The molecule has 1 atom stereocenters. The smallest absolute Gasteiger partial charge is 0.326 e. The highest BCUT2D eigenvalue weighted by Gasteiger charge is 2.40. The van der Waals surface area contributed by atoms with Gasteiger partial charge in [0.25, 0.3) is 0 Å². The molecule has 8 heteroatoms. The molecule has 120 valence electrons. The van der Waals surface area contributed by atoms with Crippen LogP contribution in [0.2, 0.25) is 0 Å². The molecule has 3 N–H and O–H groups in total. The van der Waals surface area contributed by atoms with Crippen LogP contribution in [0.15, 0.2) is 0 Å². The highest BCUT2D eigenvalue weighted by Crippen LogP contribution is 2.27. The molecule has 8 nitrogen and oxygen atoms in total. The number of morpholine rings is 1. The second-order valence-corrected chi connectivity index (χ2v) is 6.42. The van der Waals surface area contributed by atoms with Crippen molar-refractivity contribution in [2.75, 3.05) is 13.1 Å². The van der Waals surface area contributed by atoms with E-state index in [1.807, 2.05) is 27.7 Å². The lowest BCUT2D eigenvalue weighted by atomic mass is 9.99. The predicted molar refractivity (Wildman–Crippen MR) is 73.0 cm³/mol. The molecule has 0 aromatic heterocycles. The van der Waals surface area contributed by atoms with Crippen LogP contribution in [0.1, 0.15) is 34.1 Å². The van der Waals surface area contributed by atoms with Gasteiger partial charge in [0.05, 0.1) is 30.7 Å². The summed E-state index contributed by atoms with van der Waals surface area (Å²) in [4.78, 5) is 35.2. The number of carbonyl (C=O) groups excluding carboxylic acids is 1. The average Bonchev–Trinajstić information content (AvgIpc) is 2.22. The number of nitrogens with one attached hydrogen (secondary N) is 1. The Morgan fingerprint density at radius 3 is 2.00 bits per heavy atom. The van der Waals surface area contributed by atoms with Gasteiger partial charge in [0.2, 0.25) is 0 Å². The van der Waals surface area contributed by atoms with Gasteiger partial charge in [0, 0.05) is 0 Å². The van der Waals surface area contributed by atoms with Gasteiger partial charge in [0.15, 0.2) is 0 Å². The first-order chi connectivity index (χ1) is 9.42. The standard InChI is InChI=1S/C13H22N2O6/c1-12(2)6-15(7-13(3,4)21-12)11(20)14-8(10(18)19)5-9(16)17/h8H,5-7H2,1-4H3,(H,14,20)(H,16,17)(H,18,19)/t8-/m0/s1. The van der Waals surface area contributed by atoms with Gasteiger partial charge in [0.1, 0.15) is 6.04 Å². The summed E-state index contributed by atoms with van der Waals surface area (Å²) in [6.45, 7) is 7.92. The third-order valence-electron chi connectivity index (χ3n) is 2.96. The van der Waals surface area contributed by atoms with Crippen molar-refractivity contribution in [3.8, 4) is 0 Å². The molecule has 1 rings (SSSR count). The minimum atomic E-state index is -1.45. The molecule has 21 heavy (non-hydrogen) atoms. The van der Waals surface area contributed by atoms with Crippen LogP contribution >= 0.6 is 0 Å². The number of carbonyl (C=O) groups is 3. The molecule has 1 aliphatic rings. The SMILES string of the molecule is CC1(C)CN(C(=O)N[C@@H](CC(=O)O)C(=O)O)CC(C)(C)O1. The summed E-state index contributed by atoms with van der Waals surface area (Å²) >= 11 is 0. The molecule has 0 aromatic rings. The molecule has 1 heterocycles. The van der Waals surface area contributed by atoms with E-state index in [1.54, 1.807) is 0 Å². The van der Waals surface area contributed by atoms with Crippen LogP contribution in [-0.4, -0.2) is 63.4 Å². The summed E-state index contributed by atoms with van der Waals surface area (Å²) in [7, 11) is 0. The van der Waals surface area contributed by atoms with Crippen molar-refractivity contribution in [3.05, 3.63) is 0 Å². The van der Waals surface area contributed by atoms with Crippen molar-refractivity contribution < 1.29 is 29.3 Å². The number of aliphatic carboxylic acids is 2. The average molecular weight is 302 g/mol. The number of ether oxygens (including phenoxy) is 1. The van der Waals surface area contributed by atoms with E-state index in [0.29, 0.717) is 13.1 Å². The van der Waals surface area contributed by atoms with E-state index in [9.17, 15) is 14.4 Å². The van der Waals surface area contributed by atoms with Gasteiger partial charge in [-0.15, -0.1) is 0 Å². The molecule has 0 radical (unpaired) electrons. The van der Waals surface area contributed by atoms with Crippen molar-refractivity contribution >= 4 is 18.0 Å². The van der Waals surface area contributed by atoms with Crippen LogP contribution in [0.3, 0.4) is 0 Å². The van der Waals surface area contributed by atoms with E-state index in [-0.39, 0.29) is 0 Å². The number of hydrogen-bond donors (Lipinski definition) is 3. The zero-order chi connectivity index (χ0) is 16.4. The van der Waals surface area contributed by atoms with Crippen molar-refractivity contribution in [2.45, 2.75) is 51.4 Å². The maximum atomic E-state index is 12.2. The summed E-state index contributed by atoms with van der Waals surface area (Å²) in [5.41, 5.74) is -1.13. The second kappa shape index (κ2) is 5.88. The third-order valence-corrected chi connectivity index (χ3v) is 2.96. The summed E-state index contributed by atoms with van der Waals surface area (Å²) in [5, 5.41) is 19.9. The van der Waals surface area contributed by atoms with Gasteiger partial charge in [-0.1, -0.05) is 0 Å². The van der Waals surface area contributed by atoms with E-state index >= 15 is 0 Å². The quantitative estimate of drug-likeness (QED) is 0.697. The van der Waals surface area contributed by atoms with E-state index in [0.717, 1.165) is 0 Å². The fraction of sp³-hybridized carbons (Fsp3) is 0.769. The topological polar surface area (TPSA) is 116 Å². The number of carboxylic acid groups (broad SMARTS) is 2. The Hall–Kier alpha value is -1.83. The number of urea groups is 1. The fourth-order valence-corrected chi connectivity index (χ4v) is 2.55. The first-order valence-electron chi connectivity index (χ1n) is 6.62. The second-order valence-electron chi connectivity index (χ2n) is 6.42. The summed E-state index contributed by atoms with van der Waals surface area (Å²) in [5.74, 6) is -2.66. The molecule has 1 fully saturated rings. The van der Waals surface area contributed by atoms with Gasteiger partial charge in [-0.05, 0) is 27.7 Å². The summed E-state index contributed by atoms with van der Waals surface area (Å²) in [6, 6.07) is -2.06. The van der Waals surface area contributed by atoms with E-state index in [1.165, 1.54) is 4.90 Å². The molecular weight excluding hydrogens is 280 g/mol. The Balaban J connectivity index is 2.77. The lowest BCUT2D eigenvalue weighted by molar-refractivity contribution is -0.170. The molecule has 0 aliphatic carbocycles. The lowest BCUT2D eigenvalue weighted by Gasteiger charge is -2.47. The van der Waals surface area contributed by atoms with E-state index in [2.05, 4.69) is 5.32 Å². The Kier molecular flexibility index (Phi) is 4.83. The van der Waals surface area contributed by atoms with Gasteiger partial charge in [-0.2, -0.15) is 0 Å². The Labute approximate surface area is 123 Å². The van der Waals surface area contributed by atoms with Gasteiger partial charge in [-0.3, -0.25) is 4.79 Å². The highest BCUT2D eigenvalue weighted by molar-refractivity contribution is 5.86. The van der Waals surface area contributed by atoms with Crippen molar-refractivity contribution in [1.82, 2.24) is 10.2 Å². The molecule has 0 unspecified atom stereocenters.